The molecule has 108 valence electrons. The molecule has 3 rings (SSSR count). The molecular weight excluding hydrogens is 244 g/mol. The molecule has 20 heavy (non-hydrogen) atoms. The van der Waals surface area contributed by atoms with Crippen molar-refractivity contribution in [1.29, 1.82) is 0 Å². The summed E-state index contributed by atoms with van der Waals surface area (Å²) in [6.45, 7) is 8.03. The van der Waals surface area contributed by atoms with Crippen molar-refractivity contribution in [3.63, 3.8) is 0 Å². The zero-order valence-corrected chi connectivity index (χ0v) is 12.9. The van der Waals surface area contributed by atoms with E-state index in [1.54, 1.807) is 5.56 Å². The second kappa shape index (κ2) is 5.25. The molecule has 1 aromatic carbocycles. The van der Waals surface area contributed by atoms with E-state index in [4.69, 9.17) is 0 Å². The summed E-state index contributed by atoms with van der Waals surface area (Å²) in [5.41, 5.74) is 4.68. The average Bonchev–Trinajstić information content (AvgIpc) is 2.77. The van der Waals surface area contributed by atoms with Crippen molar-refractivity contribution < 1.29 is 0 Å². The van der Waals surface area contributed by atoms with Gasteiger partial charge in [-0.25, -0.2) is 0 Å². The van der Waals surface area contributed by atoms with Crippen molar-refractivity contribution in [3.8, 4) is 0 Å². The van der Waals surface area contributed by atoms with Crippen LogP contribution in [0, 0.1) is 5.41 Å². The zero-order valence-electron chi connectivity index (χ0n) is 12.9. The third kappa shape index (κ3) is 2.76. The Morgan fingerprint density at radius 2 is 2.05 bits per heavy atom. The Balaban J connectivity index is 1.79. The van der Waals surface area contributed by atoms with E-state index < -0.39 is 0 Å². The highest BCUT2D eigenvalue weighted by molar-refractivity contribution is 5.85. The van der Waals surface area contributed by atoms with Gasteiger partial charge in [-0.1, -0.05) is 39.0 Å². The molecule has 0 bridgehead atoms. The molecule has 0 saturated carbocycles. The number of rotatable bonds is 3. The Bertz CT molecular complexity index is 589. The summed E-state index contributed by atoms with van der Waals surface area (Å²) in [5, 5.41) is 5.19. The summed E-state index contributed by atoms with van der Waals surface area (Å²) in [6, 6.07) is 9.22. The molecule has 1 unspecified atom stereocenters. The fourth-order valence-corrected chi connectivity index (χ4v) is 3.24. The molecule has 1 aliphatic carbocycles. The SMILES string of the molecule is CC(C)(C)CCNC1CCCc2c1[nH]c1ccccc21. The summed E-state index contributed by atoms with van der Waals surface area (Å²) in [7, 11) is 0. The molecule has 2 N–H and O–H groups in total. The first-order valence-electron chi connectivity index (χ1n) is 7.87. The molecule has 0 saturated heterocycles. The van der Waals surface area contributed by atoms with Gasteiger partial charge < -0.3 is 10.3 Å². The molecule has 2 nitrogen and oxygen atoms in total. The summed E-state index contributed by atoms with van der Waals surface area (Å²) in [5.74, 6) is 0. The van der Waals surface area contributed by atoms with Gasteiger partial charge in [0.25, 0.3) is 0 Å². The maximum absolute atomic E-state index is 3.76. The van der Waals surface area contributed by atoms with Crippen LogP contribution in [-0.2, 0) is 6.42 Å². The lowest BCUT2D eigenvalue weighted by Gasteiger charge is -2.26. The summed E-state index contributed by atoms with van der Waals surface area (Å²) in [4.78, 5) is 3.65. The van der Waals surface area contributed by atoms with E-state index in [2.05, 4.69) is 55.3 Å². The number of nitrogens with one attached hydrogen (secondary N) is 2. The first kappa shape index (κ1) is 13.7. The van der Waals surface area contributed by atoms with Crippen LogP contribution in [0.3, 0.4) is 0 Å². The smallest absolute Gasteiger partial charge is 0.0476 e. The first-order valence-corrected chi connectivity index (χ1v) is 7.87. The van der Waals surface area contributed by atoms with Crippen LogP contribution in [-0.4, -0.2) is 11.5 Å². The number of hydrogen-bond acceptors (Lipinski definition) is 1. The molecule has 1 heterocycles. The van der Waals surface area contributed by atoms with Gasteiger partial charge in [-0.15, -0.1) is 0 Å². The third-order valence-corrected chi connectivity index (χ3v) is 4.38. The van der Waals surface area contributed by atoms with Crippen LogP contribution < -0.4 is 5.32 Å². The van der Waals surface area contributed by atoms with Gasteiger partial charge in [0.05, 0.1) is 0 Å². The molecule has 1 aliphatic rings. The highest BCUT2D eigenvalue weighted by Gasteiger charge is 2.24. The predicted molar refractivity (Wildman–Crippen MR) is 86.1 cm³/mol. The summed E-state index contributed by atoms with van der Waals surface area (Å²) < 4.78 is 0. The minimum absolute atomic E-state index is 0.408. The second-order valence-electron chi connectivity index (χ2n) is 7.27. The standard InChI is InChI=1S/C18H26N2/c1-18(2,3)11-12-19-16-10-6-8-14-13-7-4-5-9-15(13)20-17(14)16/h4-5,7,9,16,19-20H,6,8,10-12H2,1-3H3. The normalized spacial score (nSPS) is 19.2. The van der Waals surface area contributed by atoms with Crippen LogP contribution in [0.2, 0.25) is 0 Å². The van der Waals surface area contributed by atoms with E-state index in [1.165, 1.54) is 42.3 Å². The first-order chi connectivity index (χ1) is 9.54. The second-order valence-corrected chi connectivity index (χ2v) is 7.27. The minimum Gasteiger partial charge on any atom is -0.357 e. The van der Waals surface area contributed by atoms with Crippen molar-refractivity contribution in [2.45, 2.75) is 52.5 Å². The van der Waals surface area contributed by atoms with Crippen LogP contribution in [0.15, 0.2) is 24.3 Å². The van der Waals surface area contributed by atoms with Gasteiger partial charge in [-0.2, -0.15) is 0 Å². The van der Waals surface area contributed by atoms with Crippen molar-refractivity contribution in [2.75, 3.05) is 6.54 Å². The van der Waals surface area contributed by atoms with E-state index in [0.29, 0.717) is 11.5 Å². The number of aryl methyl sites for hydroxylation is 1. The van der Waals surface area contributed by atoms with Gasteiger partial charge in [0.1, 0.15) is 0 Å². The fraction of sp³-hybridized carbons (Fsp3) is 0.556. The van der Waals surface area contributed by atoms with E-state index in [9.17, 15) is 0 Å². The lowest BCUT2D eigenvalue weighted by atomic mass is 9.90. The molecule has 0 radical (unpaired) electrons. The van der Waals surface area contributed by atoms with Crippen molar-refractivity contribution in [1.82, 2.24) is 10.3 Å². The number of aromatic amines is 1. The lowest BCUT2D eigenvalue weighted by Crippen LogP contribution is -2.28. The average molecular weight is 270 g/mol. The summed E-state index contributed by atoms with van der Waals surface area (Å²) >= 11 is 0. The zero-order chi connectivity index (χ0) is 14.2. The topological polar surface area (TPSA) is 27.8 Å². The fourth-order valence-electron chi connectivity index (χ4n) is 3.24. The maximum atomic E-state index is 3.76. The lowest BCUT2D eigenvalue weighted by molar-refractivity contribution is 0.344. The van der Waals surface area contributed by atoms with Gasteiger partial charge in [0, 0.05) is 22.6 Å². The Morgan fingerprint density at radius 1 is 1.25 bits per heavy atom. The van der Waals surface area contributed by atoms with E-state index in [-0.39, 0.29) is 0 Å². The monoisotopic (exact) mass is 270 g/mol. The minimum atomic E-state index is 0.408. The Hall–Kier alpha value is -1.28. The number of hydrogen-bond donors (Lipinski definition) is 2. The molecule has 2 aromatic rings. The number of para-hydroxylation sites is 1. The van der Waals surface area contributed by atoms with Crippen LogP contribution in [0.5, 0.6) is 0 Å². The Morgan fingerprint density at radius 3 is 2.85 bits per heavy atom. The van der Waals surface area contributed by atoms with Crippen molar-refractivity contribution in [3.05, 3.63) is 35.5 Å². The molecule has 0 fully saturated rings. The van der Waals surface area contributed by atoms with Crippen LogP contribution >= 0.6 is 0 Å². The highest BCUT2D eigenvalue weighted by atomic mass is 14.9. The Kier molecular flexibility index (Phi) is 3.59. The van der Waals surface area contributed by atoms with Gasteiger partial charge in [0.15, 0.2) is 0 Å². The number of fused-ring (bicyclic) bond motifs is 3. The van der Waals surface area contributed by atoms with Crippen LogP contribution in [0.1, 0.15) is 57.3 Å². The number of H-pyrrole nitrogens is 1. The summed E-state index contributed by atoms with van der Waals surface area (Å²) in [6.07, 6.45) is 4.99. The van der Waals surface area contributed by atoms with Crippen molar-refractivity contribution in [2.24, 2.45) is 5.41 Å². The molecule has 1 aromatic heterocycles. The quantitative estimate of drug-likeness (QED) is 0.840. The largest absolute Gasteiger partial charge is 0.357 e. The maximum Gasteiger partial charge on any atom is 0.0476 e. The predicted octanol–water partition coefficient (Wildman–Crippen LogP) is 4.57. The number of benzene rings is 1. The molecule has 0 aliphatic heterocycles. The van der Waals surface area contributed by atoms with Gasteiger partial charge in [-0.05, 0) is 49.3 Å². The highest BCUT2D eigenvalue weighted by Crippen LogP contribution is 2.34. The van der Waals surface area contributed by atoms with Gasteiger partial charge in [0.2, 0.25) is 0 Å². The molecule has 0 amide bonds. The van der Waals surface area contributed by atoms with Crippen LogP contribution in [0.4, 0.5) is 0 Å². The molecule has 1 atom stereocenters. The number of aromatic nitrogens is 1. The van der Waals surface area contributed by atoms with Crippen molar-refractivity contribution >= 4 is 10.9 Å². The molecule has 0 spiro atoms. The molecular formula is C18H26N2. The van der Waals surface area contributed by atoms with E-state index in [0.717, 1.165) is 6.54 Å². The van der Waals surface area contributed by atoms with Gasteiger partial charge in [-0.3, -0.25) is 0 Å². The van der Waals surface area contributed by atoms with Gasteiger partial charge >= 0.3 is 0 Å². The Labute approximate surface area is 122 Å². The van der Waals surface area contributed by atoms with E-state index >= 15 is 0 Å². The van der Waals surface area contributed by atoms with Crippen LogP contribution in [0.25, 0.3) is 10.9 Å². The van der Waals surface area contributed by atoms with E-state index in [1.807, 2.05) is 0 Å². The third-order valence-electron chi connectivity index (χ3n) is 4.38. The molecule has 2 heteroatoms.